The van der Waals surface area contributed by atoms with Crippen LogP contribution in [0.5, 0.6) is 0 Å². The van der Waals surface area contributed by atoms with E-state index >= 15 is 0 Å². The van der Waals surface area contributed by atoms with Crippen molar-refractivity contribution in [1.82, 2.24) is 0 Å². The van der Waals surface area contributed by atoms with E-state index in [0.29, 0.717) is 6.04 Å². The molecule has 2 aromatic carbocycles. The lowest BCUT2D eigenvalue weighted by atomic mass is 9.87. The van der Waals surface area contributed by atoms with Crippen LogP contribution in [0.4, 0.5) is 5.69 Å². The highest BCUT2D eigenvalue weighted by Crippen LogP contribution is 2.27. The van der Waals surface area contributed by atoms with Crippen LogP contribution in [0.1, 0.15) is 32.6 Å². The maximum atomic E-state index is 3.70. The molecule has 0 aliphatic heterocycles. The lowest BCUT2D eigenvalue weighted by molar-refractivity contribution is 0.358. The summed E-state index contributed by atoms with van der Waals surface area (Å²) in [6, 6.07) is 15.9. The number of fused-ring (bicyclic) bond motifs is 1. The van der Waals surface area contributed by atoms with E-state index in [9.17, 15) is 0 Å². The first-order valence-corrected chi connectivity index (χ1v) is 7.06. The molecule has 0 heterocycles. The third-order valence-corrected chi connectivity index (χ3v) is 4.06. The Balaban J connectivity index is 1.78. The van der Waals surface area contributed by atoms with Gasteiger partial charge in [0.15, 0.2) is 0 Å². The minimum absolute atomic E-state index is 0.662. The van der Waals surface area contributed by atoms with Crippen LogP contribution >= 0.6 is 0 Å². The summed E-state index contributed by atoms with van der Waals surface area (Å²) in [5.74, 6) is 0.872. The molecular formula is C17H21N. The summed E-state index contributed by atoms with van der Waals surface area (Å²) >= 11 is 0. The van der Waals surface area contributed by atoms with Crippen LogP contribution in [0.25, 0.3) is 10.8 Å². The molecule has 2 unspecified atom stereocenters. The van der Waals surface area contributed by atoms with Gasteiger partial charge in [-0.2, -0.15) is 0 Å². The first-order valence-electron chi connectivity index (χ1n) is 7.06. The highest BCUT2D eigenvalue weighted by molar-refractivity contribution is 5.85. The fourth-order valence-corrected chi connectivity index (χ4v) is 3.08. The van der Waals surface area contributed by atoms with E-state index in [4.69, 9.17) is 0 Å². The van der Waals surface area contributed by atoms with Gasteiger partial charge in [0.2, 0.25) is 0 Å². The zero-order valence-electron chi connectivity index (χ0n) is 11.0. The Kier molecular flexibility index (Phi) is 3.22. The average Bonchev–Trinajstić information content (AvgIpc) is 2.39. The molecule has 1 heteroatoms. The lowest BCUT2D eigenvalue weighted by Crippen LogP contribution is -2.26. The summed E-state index contributed by atoms with van der Waals surface area (Å²) in [6.07, 6.45) is 5.40. The average molecular weight is 239 g/mol. The molecule has 1 aliphatic carbocycles. The number of anilines is 1. The minimum Gasteiger partial charge on any atom is -0.382 e. The summed E-state index contributed by atoms with van der Waals surface area (Å²) in [6.45, 7) is 2.37. The third-order valence-electron chi connectivity index (χ3n) is 4.06. The minimum atomic E-state index is 0.662. The predicted octanol–water partition coefficient (Wildman–Crippen LogP) is 4.83. The van der Waals surface area contributed by atoms with Gasteiger partial charge in [-0.3, -0.25) is 0 Å². The molecule has 94 valence electrons. The van der Waals surface area contributed by atoms with E-state index in [2.05, 4.69) is 54.7 Å². The van der Waals surface area contributed by atoms with E-state index < -0.39 is 0 Å². The number of benzene rings is 2. The van der Waals surface area contributed by atoms with E-state index in [0.717, 1.165) is 5.92 Å². The van der Waals surface area contributed by atoms with Crippen molar-refractivity contribution >= 4 is 16.5 Å². The normalized spacial score (nSPS) is 24.1. The van der Waals surface area contributed by atoms with Gasteiger partial charge in [0, 0.05) is 11.7 Å². The fourth-order valence-electron chi connectivity index (χ4n) is 3.08. The Hall–Kier alpha value is -1.50. The van der Waals surface area contributed by atoms with Gasteiger partial charge >= 0.3 is 0 Å². The Morgan fingerprint density at radius 1 is 1.00 bits per heavy atom. The summed E-state index contributed by atoms with van der Waals surface area (Å²) in [5, 5.41) is 6.35. The first-order chi connectivity index (χ1) is 8.81. The summed E-state index contributed by atoms with van der Waals surface area (Å²) in [5.41, 5.74) is 1.27. The fraction of sp³-hybridized carbons (Fsp3) is 0.412. The van der Waals surface area contributed by atoms with Gasteiger partial charge in [-0.25, -0.2) is 0 Å². The van der Waals surface area contributed by atoms with Crippen molar-refractivity contribution in [2.75, 3.05) is 5.32 Å². The van der Waals surface area contributed by atoms with Crippen LogP contribution in [0, 0.1) is 5.92 Å². The van der Waals surface area contributed by atoms with Crippen LogP contribution in [-0.4, -0.2) is 6.04 Å². The van der Waals surface area contributed by atoms with E-state index in [-0.39, 0.29) is 0 Å². The second-order valence-electron chi connectivity index (χ2n) is 5.67. The largest absolute Gasteiger partial charge is 0.382 e. The van der Waals surface area contributed by atoms with Crippen molar-refractivity contribution in [2.45, 2.75) is 38.6 Å². The Bertz CT molecular complexity index is 532. The summed E-state index contributed by atoms with van der Waals surface area (Å²) < 4.78 is 0. The molecular weight excluding hydrogens is 218 g/mol. The molecule has 2 atom stereocenters. The monoisotopic (exact) mass is 239 g/mol. The molecule has 2 aromatic rings. The van der Waals surface area contributed by atoms with Gasteiger partial charge in [0.25, 0.3) is 0 Å². The van der Waals surface area contributed by atoms with Gasteiger partial charge < -0.3 is 5.32 Å². The predicted molar refractivity (Wildman–Crippen MR) is 79.0 cm³/mol. The molecule has 1 aliphatic rings. The quantitative estimate of drug-likeness (QED) is 0.791. The Morgan fingerprint density at radius 2 is 1.83 bits per heavy atom. The summed E-state index contributed by atoms with van der Waals surface area (Å²) in [7, 11) is 0. The molecule has 0 radical (unpaired) electrons. The SMILES string of the molecule is CC1CCCC(Nc2ccc3ccccc3c2)C1. The number of nitrogens with one attached hydrogen (secondary N) is 1. The van der Waals surface area contributed by atoms with Crippen LogP contribution in [-0.2, 0) is 0 Å². The van der Waals surface area contributed by atoms with E-state index in [1.54, 1.807) is 0 Å². The second-order valence-corrected chi connectivity index (χ2v) is 5.67. The molecule has 1 fully saturated rings. The van der Waals surface area contributed by atoms with E-state index in [1.807, 2.05) is 0 Å². The molecule has 0 bridgehead atoms. The van der Waals surface area contributed by atoms with Crippen molar-refractivity contribution < 1.29 is 0 Å². The van der Waals surface area contributed by atoms with Crippen LogP contribution in [0.2, 0.25) is 0 Å². The van der Waals surface area contributed by atoms with Crippen LogP contribution in [0.15, 0.2) is 42.5 Å². The van der Waals surface area contributed by atoms with Crippen molar-refractivity contribution in [2.24, 2.45) is 5.92 Å². The molecule has 0 saturated heterocycles. The van der Waals surface area contributed by atoms with Gasteiger partial charge in [0.05, 0.1) is 0 Å². The molecule has 18 heavy (non-hydrogen) atoms. The molecule has 0 amide bonds. The highest BCUT2D eigenvalue weighted by atomic mass is 14.9. The maximum absolute atomic E-state index is 3.70. The topological polar surface area (TPSA) is 12.0 Å². The van der Waals surface area contributed by atoms with Gasteiger partial charge in [-0.05, 0) is 41.7 Å². The third kappa shape index (κ3) is 2.50. The van der Waals surface area contributed by atoms with Crippen molar-refractivity contribution in [3.63, 3.8) is 0 Å². The zero-order chi connectivity index (χ0) is 12.4. The molecule has 3 rings (SSSR count). The molecule has 0 spiro atoms. The zero-order valence-corrected chi connectivity index (χ0v) is 11.0. The Morgan fingerprint density at radius 3 is 2.67 bits per heavy atom. The molecule has 0 aromatic heterocycles. The van der Waals surface area contributed by atoms with E-state index in [1.165, 1.54) is 42.1 Å². The smallest absolute Gasteiger partial charge is 0.0348 e. The summed E-state index contributed by atoms with van der Waals surface area (Å²) in [4.78, 5) is 0. The number of hydrogen-bond acceptors (Lipinski definition) is 1. The first kappa shape index (κ1) is 11.6. The van der Waals surface area contributed by atoms with Crippen molar-refractivity contribution in [1.29, 1.82) is 0 Å². The van der Waals surface area contributed by atoms with Crippen LogP contribution in [0.3, 0.4) is 0 Å². The molecule has 1 N–H and O–H groups in total. The van der Waals surface area contributed by atoms with Crippen LogP contribution < -0.4 is 5.32 Å². The lowest BCUT2D eigenvalue weighted by Gasteiger charge is -2.28. The highest BCUT2D eigenvalue weighted by Gasteiger charge is 2.18. The Labute approximate surface area is 109 Å². The molecule has 1 saturated carbocycles. The van der Waals surface area contributed by atoms with Gasteiger partial charge in [-0.1, -0.05) is 50.1 Å². The van der Waals surface area contributed by atoms with Gasteiger partial charge in [0.1, 0.15) is 0 Å². The van der Waals surface area contributed by atoms with Gasteiger partial charge in [-0.15, -0.1) is 0 Å². The van der Waals surface area contributed by atoms with Crippen molar-refractivity contribution in [3.05, 3.63) is 42.5 Å². The molecule has 1 nitrogen and oxygen atoms in total. The maximum Gasteiger partial charge on any atom is 0.0348 e. The second kappa shape index (κ2) is 5.01. The number of hydrogen-bond donors (Lipinski definition) is 1. The van der Waals surface area contributed by atoms with Crippen molar-refractivity contribution in [3.8, 4) is 0 Å². The standard InChI is InChI=1S/C17H21N/c1-13-5-4-8-16(11-13)18-17-10-9-14-6-2-3-7-15(14)12-17/h2-3,6-7,9-10,12-13,16,18H,4-5,8,11H2,1H3. The number of rotatable bonds is 2.